The first kappa shape index (κ1) is 18.1. The molecule has 0 spiro atoms. The maximum atomic E-state index is 11.9. The van der Waals surface area contributed by atoms with E-state index in [1.54, 1.807) is 30.3 Å². The van der Waals surface area contributed by atoms with Crippen molar-refractivity contribution in [2.75, 3.05) is 22.5 Å². The Morgan fingerprint density at radius 2 is 1.62 bits per heavy atom. The highest BCUT2D eigenvalue weighted by Gasteiger charge is 2.06. The zero-order valence-corrected chi connectivity index (χ0v) is 14.5. The summed E-state index contributed by atoms with van der Waals surface area (Å²) in [5, 5.41) is 9.50. The van der Waals surface area contributed by atoms with Crippen molar-refractivity contribution >= 4 is 52.1 Å². The standard InChI is InChI=1S/C17H17Cl2N3O2/c1-11(23)21-14-5-3-13(4-6-14)20-9-8-17(24)22-16-10-12(18)2-7-15(16)19/h2-7,10,20H,8-9H2,1H3,(H,21,23)(H,22,24). The Morgan fingerprint density at radius 3 is 2.29 bits per heavy atom. The molecule has 7 heteroatoms. The van der Waals surface area contributed by atoms with Crippen molar-refractivity contribution < 1.29 is 9.59 Å². The Kier molecular flexibility index (Phi) is 6.46. The van der Waals surface area contributed by atoms with Gasteiger partial charge < -0.3 is 16.0 Å². The third kappa shape index (κ3) is 5.76. The Balaban J connectivity index is 1.80. The molecular formula is C17H17Cl2N3O2. The molecule has 0 bridgehead atoms. The van der Waals surface area contributed by atoms with Crippen LogP contribution in [-0.2, 0) is 9.59 Å². The molecule has 0 aliphatic rings. The summed E-state index contributed by atoms with van der Waals surface area (Å²) in [7, 11) is 0. The lowest BCUT2D eigenvalue weighted by Crippen LogP contribution is -2.16. The van der Waals surface area contributed by atoms with Gasteiger partial charge in [-0.3, -0.25) is 9.59 Å². The smallest absolute Gasteiger partial charge is 0.226 e. The van der Waals surface area contributed by atoms with Gasteiger partial charge in [0.25, 0.3) is 0 Å². The van der Waals surface area contributed by atoms with Crippen LogP contribution in [0.15, 0.2) is 42.5 Å². The number of amides is 2. The average molecular weight is 366 g/mol. The van der Waals surface area contributed by atoms with Gasteiger partial charge in [0.1, 0.15) is 0 Å². The summed E-state index contributed by atoms with van der Waals surface area (Å²) in [6.45, 7) is 1.92. The van der Waals surface area contributed by atoms with Crippen molar-refractivity contribution in [3.8, 4) is 0 Å². The Morgan fingerprint density at radius 1 is 0.958 bits per heavy atom. The number of hydrogen-bond acceptors (Lipinski definition) is 3. The first-order chi connectivity index (χ1) is 11.4. The van der Waals surface area contributed by atoms with Crippen LogP contribution in [0.25, 0.3) is 0 Å². The monoisotopic (exact) mass is 365 g/mol. The van der Waals surface area contributed by atoms with Crippen LogP contribution in [0.5, 0.6) is 0 Å². The van der Waals surface area contributed by atoms with E-state index in [4.69, 9.17) is 23.2 Å². The van der Waals surface area contributed by atoms with Gasteiger partial charge in [0.15, 0.2) is 0 Å². The zero-order valence-electron chi connectivity index (χ0n) is 13.0. The average Bonchev–Trinajstić information content (AvgIpc) is 2.52. The van der Waals surface area contributed by atoms with E-state index in [1.807, 2.05) is 12.1 Å². The molecule has 0 heterocycles. The second-order valence-electron chi connectivity index (χ2n) is 5.11. The molecule has 2 aromatic carbocycles. The van der Waals surface area contributed by atoms with E-state index >= 15 is 0 Å². The molecule has 3 N–H and O–H groups in total. The Hall–Kier alpha value is -2.24. The minimum atomic E-state index is -0.165. The highest BCUT2D eigenvalue weighted by atomic mass is 35.5. The van der Waals surface area contributed by atoms with Crippen LogP contribution in [0.4, 0.5) is 17.1 Å². The SMILES string of the molecule is CC(=O)Nc1ccc(NCCC(=O)Nc2cc(Cl)ccc2Cl)cc1. The van der Waals surface area contributed by atoms with Crippen molar-refractivity contribution in [3.63, 3.8) is 0 Å². The van der Waals surface area contributed by atoms with Gasteiger partial charge in [0, 0.05) is 36.3 Å². The second-order valence-corrected chi connectivity index (χ2v) is 5.95. The fourth-order valence-electron chi connectivity index (χ4n) is 2.00. The predicted octanol–water partition coefficient (Wildman–Crippen LogP) is 4.39. The lowest BCUT2D eigenvalue weighted by Gasteiger charge is -2.10. The van der Waals surface area contributed by atoms with Crippen LogP contribution < -0.4 is 16.0 Å². The molecule has 2 rings (SSSR count). The molecule has 0 aliphatic carbocycles. The van der Waals surface area contributed by atoms with E-state index in [1.165, 1.54) is 6.92 Å². The molecule has 0 saturated carbocycles. The lowest BCUT2D eigenvalue weighted by molar-refractivity contribution is -0.116. The largest absolute Gasteiger partial charge is 0.385 e. The molecule has 126 valence electrons. The molecule has 0 aromatic heterocycles. The molecule has 24 heavy (non-hydrogen) atoms. The Labute approximate surface area is 150 Å². The van der Waals surface area contributed by atoms with Gasteiger partial charge in [-0.2, -0.15) is 0 Å². The number of halogens is 2. The van der Waals surface area contributed by atoms with Crippen molar-refractivity contribution in [2.45, 2.75) is 13.3 Å². The molecule has 0 saturated heterocycles. The summed E-state index contributed by atoms with van der Waals surface area (Å²) < 4.78 is 0. The van der Waals surface area contributed by atoms with Crippen LogP contribution in [0.3, 0.4) is 0 Å². The van der Waals surface area contributed by atoms with Gasteiger partial charge >= 0.3 is 0 Å². The molecule has 0 atom stereocenters. The van der Waals surface area contributed by atoms with Gasteiger partial charge in [0.2, 0.25) is 11.8 Å². The summed E-state index contributed by atoms with van der Waals surface area (Å²) >= 11 is 11.9. The molecule has 0 fully saturated rings. The zero-order chi connectivity index (χ0) is 17.5. The lowest BCUT2D eigenvalue weighted by atomic mass is 10.2. The first-order valence-corrected chi connectivity index (χ1v) is 8.06. The van der Waals surface area contributed by atoms with Gasteiger partial charge in [-0.15, -0.1) is 0 Å². The van der Waals surface area contributed by atoms with Crippen LogP contribution >= 0.6 is 23.2 Å². The highest BCUT2D eigenvalue weighted by molar-refractivity contribution is 6.35. The van der Waals surface area contributed by atoms with E-state index in [9.17, 15) is 9.59 Å². The van der Waals surface area contributed by atoms with Gasteiger partial charge in [0.05, 0.1) is 10.7 Å². The van der Waals surface area contributed by atoms with Crippen molar-refractivity contribution in [1.82, 2.24) is 0 Å². The summed E-state index contributed by atoms with van der Waals surface area (Å²) in [4.78, 5) is 22.9. The van der Waals surface area contributed by atoms with Crippen molar-refractivity contribution in [3.05, 3.63) is 52.5 Å². The molecule has 5 nitrogen and oxygen atoms in total. The molecule has 0 unspecified atom stereocenters. The van der Waals surface area contributed by atoms with Crippen molar-refractivity contribution in [2.24, 2.45) is 0 Å². The summed E-state index contributed by atoms with van der Waals surface area (Å²) in [6, 6.07) is 12.1. The van der Waals surface area contributed by atoms with Gasteiger partial charge in [-0.1, -0.05) is 23.2 Å². The maximum absolute atomic E-state index is 11.9. The quantitative estimate of drug-likeness (QED) is 0.710. The van der Waals surface area contributed by atoms with Crippen LogP contribution in [0.1, 0.15) is 13.3 Å². The summed E-state index contributed by atoms with van der Waals surface area (Å²) in [6.07, 6.45) is 0.274. The molecule has 0 radical (unpaired) electrons. The maximum Gasteiger partial charge on any atom is 0.226 e. The third-order valence-corrected chi connectivity index (χ3v) is 3.65. The van der Waals surface area contributed by atoms with Crippen LogP contribution in [0.2, 0.25) is 10.0 Å². The summed E-state index contributed by atoms with van der Waals surface area (Å²) in [5.74, 6) is -0.284. The van der Waals surface area contributed by atoms with Crippen LogP contribution in [0, 0.1) is 0 Å². The van der Waals surface area contributed by atoms with Crippen LogP contribution in [-0.4, -0.2) is 18.4 Å². The minimum absolute atomic E-state index is 0.118. The molecule has 2 amide bonds. The van der Waals surface area contributed by atoms with E-state index < -0.39 is 0 Å². The fraction of sp³-hybridized carbons (Fsp3) is 0.176. The first-order valence-electron chi connectivity index (χ1n) is 7.30. The third-order valence-electron chi connectivity index (χ3n) is 3.09. The minimum Gasteiger partial charge on any atom is -0.385 e. The number of nitrogens with one attached hydrogen (secondary N) is 3. The number of benzene rings is 2. The number of anilines is 3. The topological polar surface area (TPSA) is 70.2 Å². The predicted molar refractivity (Wildman–Crippen MR) is 98.9 cm³/mol. The van der Waals surface area contributed by atoms with E-state index in [0.717, 1.165) is 11.4 Å². The number of rotatable bonds is 6. The molecular weight excluding hydrogens is 349 g/mol. The second kappa shape index (κ2) is 8.57. The van der Waals surface area contributed by atoms with Crippen molar-refractivity contribution in [1.29, 1.82) is 0 Å². The normalized spacial score (nSPS) is 10.1. The van der Waals surface area contributed by atoms with E-state index in [2.05, 4.69) is 16.0 Å². The highest BCUT2D eigenvalue weighted by Crippen LogP contribution is 2.25. The number of carbonyl (C=O) groups is 2. The van der Waals surface area contributed by atoms with Gasteiger partial charge in [-0.05, 0) is 42.5 Å². The number of carbonyl (C=O) groups excluding carboxylic acids is 2. The van der Waals surface area contributed by atoms with Gasteiger partial charge in [-0.25, -0.2) is 0 Å². The number of hydrogen-bond donors (Lipinski definition) is 3. The Bertz CT molecular complexity index is 733. The molecule has 2 aromatic rings. The molecule has 0 aliphatic heterocycles. The summed E-state index contributed by atoms with van der Waals surface area (Å²) in [5.41, 5.74) is 2.08. The van der Waals surface area contributed by atoms with E-state index in [-0.39, 0.29) is 18.2 Å². The van der Waals surface area contributed by atoms with E-state index in [0.29, 0.717) is 22.3 Å². The fourth-order valence-corrected chi connectivity index (χ4v) is 2.34.